The molecule has 3 heteroatoms. The Hall–Kier alpha value is -2.13. The summed E-state index contributed by atoms with van der Waals surface area (Å²) in [6, 6.07) is 16.6. The first kappa shape index (κ1) is 11.7. The molecular formula is C17H15NO2. The van der Waals surface area contributed by atoms with Gasteiger partial charge in [0.2, 0.25) is 0 Å². The van der Waals surface area contributed by atoms with Crippen molar-refractivity contribution in [2.75, 3.05) is 6.61 Å². The van der Waals surface area contributed by atoms with Gasteiger partial charge in [0.05, 0.1) is 12.6 Å². The Labute approximate surface area is 117 Å². The number of hydrogen-bond acceptors (Lipinski definition) is 3. The smallest absolute Gasteiger partial charge is 0.323 e. The van der Waals surface area contributed by atoms with Gasteiger partial charge in [0.1, 0.15) is 6.04 Å². The van der Waals surface area contributed by atoms with E-state index in [0.29, 0.717) is 6.61 Å². The number of ether oxygens (including phenoxy) is 1. The van der Waals surface area contributed by atoms with E-state index in [4.69, 9.17) is 4.74 Å². The molecular weight excluding hydrogens is 250 g/mol. The molecule has 3 nitrogen and oxygen atoms in total. The number of carbonyl (C=O) groups excluding carboxylic acids is 1. The second-order valence-electron chi connectivity index (χ2n) is 5.28. The standard InChI is InChI=1S/C17H15NO2/c19-17-15(9-10-20-17)18-16-13-7-3-1-5-11(13)12-6-2-4-8-14(12)16/h1-8,15-16,18H,9-10H2. The predicted molar refractivity (Wildman–Crippen MR) is 76.2 cm³/mol. The van der Waals surface area contributed by atoms with E-state index in [1.807, 2.05) is 12.1 Å². The quantitative estimate of drug-likeness (QED) is 0.848. The maximum absolute atomic E-state index is 11.7. The lowest BCUT2D eigenvalue weighted by Gasteiger charge is -2.18. The van der Waals surface area contributed by atoms with Gasteiger partial charge in [-0.1, -0.05) is 48.5 Å². The lowest BCUT2D eigenvalue weighted by Crippen LogP contribution is -2.35. The number of fused-ring (bicyclic) bond motifs is 3. The monoisotopic (exact) mass is 265 g/mol. The minimum absolute atomic E-state index is 0.0815. The highest BCUT2D eigenvalue weighted by Gasteiger charge is 2.34. The Balaban J connectivity index is 1.77. The molecule has 0 saturated carbocycles. The second-order valence-corrected chi connectivity index (χ2v) is 5.28. The van der Waals surface area contributed by atoms with Crippen molar-refractivity contribution >= 4 is 5.97 Å². The Morgan fingerprint density at radius 1 is 0.950 bits per heavy atom. The third kappa shape index (κ3) is 1.67. The van der Waals surface area contributed by atoms with Crippen LogP contribution in [0.5, 0.6) is 0 Å². The van der Waals surface area contributed by atoms with Crippen LogP contribution >= 0.6 is 0 Å². The molecule has 20 heavy (non-hydrogen) atoms. The van der Waals surface area contributed by atoms with Crippen molar-refractivity contribution in [1.29, 1.82) is 0 Å². The summed E-state index contributed by atoms with van der Waals surface area (Å²) in [7, 11) is 0. The molecule has 1 fully saturated rings. The Bertz CT molecular complexity index is 635. The van der Waals surface area contributed by atoms with E-state index < -0.39 is 0 Å². The molecule has 0 radical (unpaired) electrons. The fourth-order valence-corrected chi connectivity index (χ4v) is 3.18. The highest BCUT2D eigenvalue weighted by atomic mass is 16.5. The van der Waals surface area contributed by atoms with Gasteiger partial charge < -0.3 is 4.74 Å². The van der Waals surface area contributed by atoms with Gasteiger partial charge in [-0.3, -0.25) is 10.1 Å². The van der Waals surface area contributed by atoms with Gasteiger partial charge in [-0.25, -0.2) is 0 Å². The van der Waals surface area contributed by atoms with Crippen LogP contribution in [0.15, 0.2) is 48.5 Å². The molecule has 2 aliphatic rings. The van der Waals surface area contributed by atoms with Crippen molar-refractivity contribution in [1.82, 2.24) is 5.32 Å². The molecule has 0 spiro atoms. The summed E-state index contributed by atoms with van der Waals surface area (Å²) in [5.74, 6) is -0.133. The molecule has 1 N–H and O–H groups in total. The zero-order chi connectivity index (χ0) is 13.5. The third-order valence-electron chi connectivity index (χ3n) is 4.14. The molecule has 4 rings (SSSR count). The lowest BCUT2D eigenvalue weighted by molar-refractivity contribution is -0.139. The lowest BCUT2D eigenvalue weighted by atomic mass is 10.0. The number of carbonyl (C=O) groups is 1. The van der Waals surface area contributed by atoms with Crippen molar-refractivity contribution in [3.8, 4) is 11.1 Å². The first-order valence-electron chi connectivity index (χ1n) is 6.95. The van der Waals surface area contributed by atoms with Gasteiger partial charge in [0.25, 0.3) is 0 Å². The largest absolute Gasteiger partial charge is 0.464 e. The summed E-state index contributed by atoms with van der Waals surface area (Å²) in [6.07, 6.45) is 0.750. The van der Waals surface area contributed by atoms with Crippen molar-refractivity contribution in [2.24, 2.45) is 0 Å². The van der Waals surface area contributed by atoms with Crippen LogP contribution in [0.4, 0.5) is 0 Å². The normalized spacial score (nSPS) is 20.6. The zero-order valence-electron chi connectivity index (χ0n) is 11.0. The van der Waals surface area contributed by atoms with E-state index in [2.05, 4.69) is 41.7 Å². The molecule has 0 bridgehead atoms. The molecule has 1 aliphatic carbocycles. The molecule has 1 heterocycles. The fraction of sp³-hybridized carbons (Fsp3) is 0.235. The maximum atomic E-state index is 11.7. The molecule has 1 atom stereocenters. The summed E-state index contributed by atoms with van der Waals surface area (Å²) in [5.41, 5.74) is 5.00. The Kier molecular flexibility index (Phi) is 2.60. The van der Waals surface area contributed by atoms with E-state index in [1.165, 1.54) is 22.3 Å². The van der Waals surface area contributed by atoms with Crippen LogP contribution in [-0.2, 0) is 9.53 Å². The number of rotatable bonds is 2. The van der Waals surface area contributed by atoms with Crippen molar-refractivity contribution in [2.45, 2.75) is 18.5 Å². The SMILES string of the molecule is O=C1OCCC1NC1c2ccccc2-c2ccccc21. The van der Waals surface area contributed by atoms with Crippen LogP contribution in [0.25, 0.3) is 11.1 Å². The molecule has 100 valence electrons. The van der Waals surface area contributed by atoms with Gasteiger partial charge in [-0.2, -0.15) is 0 Å². The molecule has 0 amide bonds. The van der Waals surface area contributed by atoms with Crippen LogP contribution in [0.2, 0.25) is 0 Å². The van der Waals surface area contributed by atoms with Crippen LogP contribution in [0, 0.1) is 0 Å². The van der Waals surface area contributed by atoms with Crippen LogP contribution in [0.1, 0.15) is 23.6 Å². The Morgan fingerprint density at radius 3 is 2.10 bits per heavy atom. The van der Waals surface area contributed by atoms with E-state index in [0.717, 1.165) is 6.42 Å². The average molecular weight is 265 g/mol. The highest BCUT2D eigenvalue weighted by molar-refractivity contribution is 5.80. The molecule has 0 aromatic heterocycles. The number of esters is 1. The van der Waals surface area contributed by atoms with E-state index in [-0.39, 0.29) is 18.1 Å². The minimum Gasteiger partial charge on any atom is -0.464 e. The summed E-state index contributed by atoms with van der Waals surface area (Å²) in [5, 5.41) is 3.47. The van der Waals surface area contributed by atoms with Gasteiger partial charge in [-0.05, 0) is 22.3 Å². The predicted octanol–water partition coefficient (Wildman–Crippen LogP) is 2.66. The van der Waals surface area contributed by atoms with E-state index in [1.54, 1.807) is 0 Å². The van der Waals surface area contributed by atoms with Gasteiger partial charge in [0.15, 0.2) is 0 Å². The minimum atomic E-state index is -0.195. The highest BCUT2D eigenvalue weighted by Crippen LogP contribution is 2.43. The van der Waals surface area contributed by atoms with Gasteiger partial charge >= 0.3 is 5.97 Å². The average Bonchev–Trinajstić information content (AvgIpc) is 3.03. The summed E-state index contributed by atoms with van der Waals surface area (Å²) < 4.78 is 5.05. The Morgan fingerprint density at radius 2 is 1.55 bits per heavy atom. The van der Waals surface area contributed by atoms with E-state index >= 15 is 0 Å². The molecule has 2 aromatic rings. The van der Waals surface area contributed by atoms with Crippen molar-refractivity contribution in [3.63, 3.8) is 0 Å². The topological polar surface area (TPSA) is 38.3 Å². The first-order valence-corrected chi connectivity index (χ1v) is 6.95. The zero-order valence-corrected chi connectivity index (χ0v) is 11.0. The van der Waals surface area contributed by atoms with Gasteiger partial charge in [0, 0.05) is 6.42 Å². The summed E-state index contributed by atoms with van der Waals surface area (Å²) >= 11 is 0. The fourth-order valence-electron chi connectivity index (χ4n) is 3.18. The van der Waals surface area contributed by atoms with Crippen LogP contribution < -0.4 is 5.32 Å². The maximum Gasteiger partial charge on any atom is 0.323 e. The van der Waals surface area contributed by atoms with E-state index in [9.17, 15) is 4.79 Å². The number of nitrogens with one attached hydrogen (secondary N) is 1. The third-order valence-corrected chi connectivity index (χ3v) is 4.14. The number of cyclic esters (lactones) is 1. The number of hydrogen-bond donors (Lipinski definition) is 1. The van der Waals surface area contributed by atoms with Crippen LogP contribution in [-0.4, -0.2) is 18.6 Å². The molecule has 1 saturated heterocycles. The summed E-state index contributed by atoms with van der Waals surface area (Å²) in [4.78, 5) is 11.7. The summed E-state index contributed by atoms with van der Waals surface area (Å²) in [6.45, 7) is 0.520. The second kappa shape index (κ2) is 4.46. The molecule has 1 aliphatic heterocycles. The molecule has 2 aromatic carbocycles. The number of benzene rings is 2. The molecule has 1 unspecified atom stereocenters. The van der Waals surface area contributed by atoms with Crippen molar-refractivity contribution in [3.05, 3.63) is 59.7 Å². The van der Waals surface area contributed by atoms with Crippen LogP contribution in [0.3, 0.4) is 0 Å². The first-order chi connectivity index (χ1) is 9.84. The van der Waals surface area contributed by atoms with Gasteiger partial charge in [-0.15, -0.1) is 0 Å². The van der Waals surface area contributed by atoms with Crippen molar-refractivity contribution < 1.29 is 9.53 Å².